The van der Waals surface area contributed by atoms with E-state index in [1.165, 1.54) is 5.56 Å². The van der Waals surface area contributed by atoms with E-state index >= 15 is 0 Å². The van der Waals surface area contributed by atoms with Crippen LogP contribution < -0.4 is 5.56 Å². The molecule has 1 heterocycles. The Labute approximate surface area is 83.9 Å². The van der Waals surface area contributed by atoms with E-state index < -0.39 is 0 Å². The van der Waals surface area contributed by atoms with Gasteiger partial charge in [-0.2, -0.15) is 0 Å². The fourth-order valence-electron chi connectivity index (χ4n) is 1.98. The molecule has 1 aromatic rings. The summed E-state index contributed by atoms with van der Waals surface area (Å²) in [4.78, 5) is 11.7. The van der Waals surface area contributed by atoms with Gasteiger partial charge in [0, 0.05) is 17.8 Å². The zero-order valence-corrected chi connectivity index (χ0v) is 8.66. The molecule has 2 heteroatoms. The Morgan fingerprint density at radius 3 is 2.86 bits per heavy atom. The van der Waals surface area contributed by atoms with Crippen LogP contribution >= 0.6 is 0 Å². The van der Waals surface area contributed by atoms with Gasteiger partial charge in [0.05, 0.1) is 0 Å². The Bertz CT molecular complexity index is 426. The van der Waals surface area contributed by atoms with Gasteiger partial charge in [0.15, 0.2) is 0 Å². The number of aromatic nitrogens is 1. The molecule has 1 aromatic heterocycles. The summed E-state index contributed by atoms with van der Waals surface area (Å²) in [5.41, 5.74) is 2.49. The van der Waals surface area contributed by atoms with Crippen LogP contribution in [0.5, 0.6) is 0 Å². The van der Waals surface area contributed by atoms with Crippen molar-refractivity contribution >= 4 is 6.08 Å². The van der Waals surface area contributed by atoms with Crippen LogP contribution in [0, 0.1) is 0 Å². The minimum Gasteiger partial charge on any atom is -0.306 e. The highest BCUT2D eigenvalue weighted by molar-refractivity contribution is 5.52. The molecule has 0 spiro atoms. The van der Waals surface area contributed by atoms with Crippen LogP contribution in [0.3, 0.4) is 0 Å². The van der Waals surface area contributed by atoms with E-state index in [1.54, 1.807) is 6.07 Å². The van der Waals surface area contributed by atoms with E-state index in [9.17, 15) is 4.79 Å². The number of nitrogens with zero attached hydrogens (tertiary/aromatic N) is 1. The molecule has 0 N–H and O–H groups in total. The Balaban J connectivity index is 2.69. The SMILES string of the molecule is CC(C)n1c2c(ccc1=O)CCC=C2. The zero-order chi connectivity index (χ0) is 10.1. The molecule has 1 aliphatic carbocycles. The van der Waals surface area contributed by atoms with Crippen molar-refractivity contribution in [2.45, 2.75) is 32.7 Å². The number of aryl methyl sites for hydroxylation is 1. The third-order valence-electron chi connectivity index (χ3n) is 2.63. The largest absolute Gasteiger partial charge is 0.306 e. The van der Waals surface area contributed by atoms with Gasteiger partial charge in [-0.05, 0) is 38.3 Å². The Kier molecular flexibility index (Phi) is 2.28. The molecule has 0 aromatic carbocycles. The van der Waals surface area contributed by atoms with Crippen LogP contribution in [0.2, 0.25) is 0 Å². The second kappa shape index (κ2) is 3.45. The van der Waals surface area contributed by atoms with Crippen LogP contribution in [0.25, 0.3) is 6.08 Å². The molecule has 2 rings (SSSR count). The summed E-state index contributed by atoms with van der Waals surface area (Å²) in [6.45, 7) is 4.09. The van der Waals surface area contributed by atoms with Crippen LogP contribution in [-0.4, -0.2) is 4.57 Å². The van der Waals surface area contributed by atoms with Crippen LogP contribution in [0.4, 0.5) is 0 Å². The lowest BCUT2D eigenvalue weighted by Gasteiger charge is -2.19. The van der Waals surface area contributed by atoms with Gasteiger partial charge in [-0.25, -0.2) is 0 Å². The van der Waals surface area contributed by atoms with E-state index in [4.69, 9.17) is 0 Å². The minimum absolute atomic E-state index is 0.102. The van der Waals surface area contributed by atoms with E-state index in [1.807, 2.05) is 24.5 Å². The van der Waals surface area contributed by atoms with Gasteiger partial charge >= 0.3 is 0 Å². The van der Waals surface area contributed by atoms with Crippen molar-refractivity contribution in [3.63, 3.8) is 0 Å². The molecule has 0 fully saturated rings. The van der Waals surface area contributed by atoms with E-state index in [0.717, 1.165) is 18.5 Å². The number of fused-ring (bicyclic) bond motifs is 1. The standard InChI is InChI=1S/C12H15NO/c1-9(2)13-11-6-4-3-5-10(11)7-8-12(13)14/h4,6-9H,3,5H2,1-2H3. The third kappa shape index (κ3) is 1.41. The van der Waals surface area contributed by atoms with Crippen LogP contribution in [-0.2, 0) is 6.42 Å². The first kappa shape index (κ1) is 9.25. The lowest BCUT2D eigenvalue weighted by atomic mass is 10.0. The predicted octanol–water partition coefficient (Wildman–Crippen LogP) is 2.39. The summed E-state index contributed by atoms with van der Waals surface area (Å²) in [6.07, 6.45) is 6.35. The van der Waals surface area contributed by atoms with Crippen molar-refractivity contribution in [2.75, 3.05) is 0 Å². The molecule has 0 saturated heterocycles. The molecule has 14 heavy (non-hydrogen) atoms. The van der Waals surface area contributed by atoms with Crippen molar-refractivity contribution in [3.8, 4) is 0 Å². The smallest absolute Gasteiger partial charge is 0.251 e. The Morgan fingerprint density at radius 2 is 2.14 bits per heavy atom. The molecule has 1 aliphatic rings. The summed E-state index contributed by atoms with van der Waals surface area (Å²) in [6, 6.07) is 3.87. The van der Waals surface area contributed by atoms with Crippen molar-refractivity contribution < 1.29 is 0 Å². The zero-order valence-electron chi connectivity index (χ0n) is 8.66. The number of hydrogen-bond donors (Lipinski definition) is 0. The predicted molar refractivity (Wildman–Crippen MR) is 58.4 cm³/mol. The summed E-state index contributed by atoms with van der Waals surface area (Å²) in [5.74, 6) is 0. The fraction of sp³-hybridized carbons (Fsp3) is 0.417. The molecule has 0 radical (unpaired) electrons. The summed E-state index contributed by atoms with van der Waals surface area (Å²) < 4.78 is 1.87. The third-order valence-corrected chi connectivity index (χ3v) is 2.63. The molecule has 74 valence electrons. The highest BCUT2D eigenvalue weighted by Gasteiger charge is 2.11. The Hall–Kier alpha value is -1.31. The van der Waals surface area contributed by atoms with Gasteiger partial charge in [-0.1, -0.05) is 12.1 Å². The number of rotatable bonds is 1. The van der Waals surface area contributed by atoms with Crippen LogP contribution in [0.15, 0.2) is 23.0 Å². The van der Waals surface area contributed by atoms with Gasteiger partial charge in [-0.15, -0.1) is 0 Å². The summed E-state index contributed by atoms with van der Waals surface area (Å²) >= 11 is 0. The van der Waals surface area contributed by atoms with Gasteiger partial charge < -0.3 is 4.57 Å². The molecule has 2 nitrogen and oxygen atoms in total. The van der Waals surface area contributed by atoms with E-state index in [-0.39, 0.29) is 11.6 Å². The maximum absolute atomic E-state index is 11.7. The van der Waals surface area contributed by atoms with Crippen molar-refractivity contribution in [2.24, 2.45) is 0 Å². The molecule has 0 saturated carbocycles. The van der Waals surface area contributed by atoms with Crippen molar-refractivity contribution in [3.05, 3.63) is 39.8 Å². The van der Waals surface area contributed by atoms with Crippen LogP contribution in [0.1, 0.15) is 37.6 Å². The van der Waals surface area contributed by atoms with E-state index in [2.05, 4.69) is 12.2 Å². The highest BCUT2D eigenvalue weighted by atomic mass is 16.1. The normalized spacial score (nSPS) is 14.5. The minimum atomic E-state index is 0.102. The van der Waals surface area contributed by atoms with Crippen molar-refractivity contribution in [1.29, 1.82) is 0 Å². The first-order valence-electron chi connectivity index (χ1n) is 5.11. The number of allylic oxidation sites excluding steroid dienone is 1. The molecule has 0 atom stereocenters. The monoisotopic (exact) mass is 189 g/mol. The highest BCUT2D eigenvalue weighted by Crippen LogP contribution is 2.19. The molecule has 0 aliphatic heterocycles. The maximum Gasteiger partial charge on any atom is 0.251 e. The average molecular weight is 189 g/mol. The fourth-order valence-corrected chi connectivity index (χ4v) is 1.98. The second-order valence-corrected chi connectivity index (χ2v) is 3.99. The summed E-state index contributed by atoms with van der Waals surface area (Å²) in [5, 5.41) is 0. The molecular weight excluding hydrogens is 174 g/mol. The topological polar surface area (TPSA) is 22.0 Å². The van der Waals surface area contributed by atoms with Crippen molar-refractivity contribution in [1.82, 2.24) is 4.57 Å². The first-order chi connectivity index (χ1) is 6.70. The number of pyridine rings is 1. The Morgan fingerprint density at radius 1 is 1.36 bits per heavy atom. The number of hydrogen-bond acceptors (Lipinski definition) is 1. The van der Waals surface area contributed by atoms with E-state index in [0.29, 0.717) is 0 Å². The lowest BCUT2D eigenvalue weighted by Crippen LogP contribution is -2.25. The molecule has 0 amide bonds. The molecule has 0 unspecified atom stereocenters. The average Bonchev–Trinajstić information content (AvgIpc) is 2.17. The maximum atomic E-state index is 11.7. The quantitative estimate of drug-likeness (QED) is 0.665. The van der Waals surface area contributed by atoms with Gasteiger partial charge in [-0.3, -0.25) is 4.79 Å². The molecule has 0 bridgehead atoms. The lowest BCUT2D eigenvalue weighted by molar-refractivity contribution is 0.568. The summed E-state index contributed by atoms with van der Waals surface area (Å²) in [7, 11) is 0. The second-order valence-electron chi connectivity index (χ2n) is 3.99. The first-order valence-corrected chi connectivity index (χ1v) is 5.11. The van der Waals surface area contributed by atoms with Gasteiger partial charge in [0.25, 0.3) is 5.56 Å². The van der Waals surface area contributed by atoms with Gasteiger partial charge in [0.2, 0.25) is 0 Å². The molecular formula is C12H15NO. The van der Waals surface area contributed by atoms with Gasteiger partial charge in [0.1, 0.15) is 0 Å².